The van der Waals surface area contributed by atoms with Crippen LogP contribution in [-0.2, 0) is 26.2 Å². The fourth-order valence-corrected chi connectivity index (χ4v) is 4.58. The van der Waals surface area contributed by atoms with E-state index < -0.39 is 22.0 Å². The molecule has 0 saturated carbocycles. The monoisotopic (exact) mass is 359 g/mol. The van der Waals surface area contributed by atoms with E-state index in [-0.39, 0.29) is 11.5 Å². The number of esters is 1. The Morgan fingerprint density at radius 1 is 1.12 bits per heavy atom. The van der Waals surface area contributed by atoms with E-state index >= 15 is 0 Å². The number of ether oxygens (including phenoxy) is 1. The smallest absolute Gasteiger partial charge is 0.324 e. The van der Waals surface area contributed by atoms with E-state index in [9.17, 15) is 13.2 Å². The highest BCUT2D eigenvalue weighted by molar-refractivity contribution is 7.89. The van der Waals surface area contributed by atoms with Crippen molar-refractivity contribution >= 4 is 16.0 Å². The number of hydrogen-bond acceptors (Lipinski definition) is 4. The maximum Gasteiger partial charge on any atom is 0.324 e. The van der Waals surface area contributed by atoms with Crippen molar-refractivity contribution in [2.24, 2.45) is 0 Å². The number of carbonyl (C=O) groups excluding carboxylic acids is 1. The molecule has 0 aliphatic carbocycles. The Kier molecular flexibility index (Phi) is 5.20. The Bertz CT molecular complexity index is 831. The zero-order valence-corrected chi connectivity index (χ0v) is 14.9. The Labute approximate surface area is 148 Å². The number of nitrogens with zero attached hydrogens (tertiary/aromatic N) is 1. The third-order valence-corrected chi connectivity index (χ3v) is 6.25. The molecule has 0 spiro atoms. The molecule has 2 aromatic carbocycles. The topological polar surface area (TPSA) is 63.7 Å². The van der Waals surface area contributed by atoms with Gasteiger partial charge in [-0.15, -0.1) is 0 Å². The van der Waals surface area contributed by atoms with Gasteiger partial charge in [-0.3, -0.25) is 4.79 Å². The summed E-state index contributed by atoms with van der Waals surface area (Å²) >= 11 is 0. The number of hydrogen-bond donors (Lipinski definition) is 0. The van der Waals surface area contributed by atoms with Crippen molar-refractivity contribution < 1.29 is 17.9 Å². The van der Waals surface area contributed by atoms with Gasteiger partial charge in [0, 0.05) is 6.54 Å². The van der Waals surface area contributed by atoms with E-state index in [1.165, 1.54) is 4.31 Å². The lowest BCUT2D eigenvalue weighted by atomic mass is 10.2. The average Bonchev–Trinajstić information content (AvgIpc) is 3.12. The molecule has 132 valence electrons. The van der Waals surface area contributed by atoms with E-state index in [1.807, 2.05) is 37.3 Å². The minimum absolute atomic E-state index is 0.147. The van der Waals surface area contributed by atoms with E-state index in [2.05, 4.69) is 0 Å². The molecule has 1 heterocycles. The normalized spacial score (nSPS) is 18.2. The van der Waals surface area contributed by atoms with Crippen molar-refractivity contribution in [3.8, 4) is 0 Å². The molecule has 3 rings (SSSR count). The summed E-state index contributed by atoms with van der Waals surface area (Å²) in [5.74, 6) is -0.489. The number of benzene rings is 2. The van der Waals surface area contributed by atoms with Gasteiger partial charge in [-0.25, -0.2) is 8.42 Å². The number of aryl methyl sites for hydroxylation is 1. The highest BCUT2D eigenvalue weighted by Gasteiger charge is 2.40. The largest absolute Gasteiger partial charge is 0.460 e. The van der Waals surface area contributed by atoms with Crippen molar-refractivity contribution in [3.05, 3.63) is 65.7 Å². The van der Waals surface area contributed by atoms with Crippen LogP contribution in [0.3, 0.4) is 0 Å². The molecule has 6 heteroatoms. The standard InChI is InChI=1S/C19H21NO4S/c1-15-9-11-17(12-10-15)25(22,23)20-13-5-8-18(20)19(21)24-14-16-6-3-2-4-7-16/h2-4,6-7,9-12,18H,5,8,13-14H2,1H3/t18-/m0/s1. The maximum absolute atomic E-state index is 12.9. The lowest BCUT2D eigenvalue weighted by molar-refractivity contribution is -0.148. The Balaban J connectivity index is 1.73. The van der Waals surface area contributed by atoms with Gasteiger partial charge in [0.2, 0.25) is 10.0 Å². The summed E-state index contributed by atoms with van der Waals surface area (Å²) in [6.45, 7) is 2.38. The van der Waals surface area contributed by atoms with Gasteiger partial charge in [0.1, 0.15) is 12.6 Å². The molecule has 1 aliphatic heterocycles. The fourth-order valence-electron chi connectivity index (χ4n) is 2.93. The van der Waals surface area contributed by atoms with Gasteiger partial charge in [0.25, 0.3) is 0 Å². The molecule has 0 radical (unpaired) electrons. The van der Waals surface area contributed by atoms with Crippen LogP contribution in [0.25, 0.3) is 0 Å². The molecule has 1 saturated heterocycles. The van der Waals surface area contributed by atoms with Crippen molar-refractivity contribution in [2.45, 2.75) is 37.3 Å². The third kappa shape index (κ3) is 3.91. The molecule has 0 unspecified atom stereocenters. The van der Waals surface area contributed by atoms with Crippen LogP contribution in [0.5, 0.6) is 0 Å². The van der Waals surface area contributed by atoms with Crippen molar-refractivity contribution in [2.75, 3.05) is 6.54 Å². The number of sulfonamides is 1. The summed E-state index contributed by atoms with van der Waals surface area (Å²) in [4.78, 5) is 12.6. The summed E-state index contributed by atoms with van der Waals surface area (Å²) < 4.78 is 32.3. The molecule has 25 heavy (non-hydrogen) atoms. The summed E-state index contributed by atoms with van der Waals surface area (Å²) in [6, 6.07) is 15.3. The van der Waals surface area contributed by atoms with Crippen LogP contribution in [-0.4, -0.2) is 31.3 Å². The lowest BCUT2D eigenvalue weighted by Gasteiger charge is -2.22. The molecule has 1 fully saturated rings. The summed E-state index contributed by atoms with van der Waals surface area (Å²) in [5, 5.41) is 0. The van der Waals surface area contributed by atoms with Gasteiger partial charge in [0.05, 0.1) is 4.90 Å². The molecule has 0 amide bonds. The first-order chi connectivity index (χ1) is 12.0. The summed E-state index contributed by atoms with van der Waals surface area (Å²) in [6.07, 6.45) is 1.13. The lowest BCUT2D eigenvalue weighted by Crippen LogP contribution is -2.41. The van der Waals surface area contributed by atoms with E-state index in [0.717, 1.165) is 11.1 Å². The zero-order valence-electron chi connectivity index (χ0n) is 14.1. The van der Waals surface area contributed by atoms with E-state index in [4.69, 9.17) is 4.74 Å². The Hall–Kier alpha value is -2.18. The van der Waals surface area contributed by atoms with Crippen LogP contribution >= 0.6 is 0 Å². The minimum Gasteiger partial charge on any atom is -0.460 e. The second kappa shape index (κ2) is 7.37. The first kappa shape index (κ1) is 17.6. The van der Waals surface area contributed by atoms with Gasteiger partial charge in [0.15, 0.2) is 0 Å². The molecule has 1 aliphatic rings. The van der Waals surface area contributed by atoms with E-state index in [1.54, 1.807) is 24.3 Å². The van der Waals surface area contributed by atoms with Crippen LogP contribution in [0, 0.1) is 6.92 Å². The third-order valence-electron chi connectivity index (χ3n) is 4.33. The molecular weight excluding hydrogens is 338 g/mol. The quantitative estimate of drug-likeness (QED) is 0.770. The molecule has 1 atom stereocenters. The highest BCUT2D eigenvalue weighted by Crippen LogP contribution is 2.27. The predicted molar refractivity (Wildman–Crippen MR) is 94.3 cm³/mol. The minimum atomic E-state index is -3.70. The van der Waals surface area contributed by atoms with Gasteiger partial charge >= 0.3 is 5.97 Å². The first-order valence-electron chi connectivity index (χ1n) is 8.27. The average molecular weight is 359 g/mol. The van der Waals surface area contributed by atoms with Gasteiger partial charge in [-0.1, -0.05) is 48.0 Å². The Morgan fingerprint density at radius 2 is 1.80 bits per heavy atom. The number of rotatable bonds is 5. The van der Waals surface area contributed by atoms with Crippen LogP contribution in [0.1, 0.15) is 24.0 Å². The number of carbonyl (C=O) groups is 1. The van der Waals surface area contributed by atoms with Crippen molar-refractivity contribution in [1.29, 1.82) is 0 Å². The van der Waals surface area contributed by atoms with Gasteiger partial charge in [-0.05, 0) is 37.5 Å². The van der Waals surface area contributed by atoms with Crippen LogP contribution < -0.4 is 0 Å². The van der Waals surface area contributed by atoms with Gasteiger partial charge < -0.3 is 4.74 Å². The van der Waals surface area contributed by atoms with Crippen LogP contribution in [0.15, 0.2) is 59.5 Å². The van der Waals surface area contributed by atoms with E-state index in [0.29, 0.717) is 19.4 Å². The fraction of sp³-hybridized carbons (Fsp3) is 0.316. The molecule has 0 aromatic heterocycles. The summed E-state index contributed by atoms with van der Waals surface area (Å²) in [5.41, 5.74) is 1.86. The summed E-state index contributed by atoms with van der Waals surface area (Å²) in [7, 11) is -3.70. The van der Waals surface area contributed by atoms with Crippen LogP contribution in [0.2, 0.25) is 0 Å². The Morgan fingerprint density at radius 3 is 2.48 bits per heavy atom. The molecule has 2 aromatic rings. The van der Waals surface area contributed by atoms with Gasteiger partial charge in [-0.2, -0.15) is 4.31 Å². The molecular formula is C19H21NO4S. The van der Waals surface area contributed by atoms with Crippen molar-refractivity contribution in [3.63, 3.8) is 0 Å². The molecule has 5 nitrogen and oxygen atoms in total. The zero-order chi connectivity index (χ0) is 17.9. The van der Waals surface area contributed by atoms with Crippen molar-refractivity contribution in [1.82, 2.24) is 4.31 Å². The maximum atomic E-state index is 12.9. The predicted octanol–water partition coefficient (Wildman–Crippen LogP) is 2.89. The SMILES string of the molecule is Cc1ccc(S(=O)(=O)N2CCC[C@H]2C(=O)OCc2ccccc2)cc1. The van der Waals surface area contributed by atoms with Crippen LogP contribution in [0.4, 0.5) is 0 Å². The molecule has 0 bridgehead atoms. The second-order valence-electron chi connectivity index (χ2n) is 6.18. The molecule has 0 N–H and O–H groups in total. The first-order valence-corrected chi connectivity index (χ1v) is 9.71. The second-order valence-corrected chi connectivity index (χ2v) is 8.07. The highest BCUT2D eigenvalue weighted by atomic mass is 32.2.